The summed E-state index contributed by atoms with van der Waals surface area (Å²) in [7, 11) is 0. The third-order valence-electron chi connectivity index (χ3n) is 5.94. The number of rotatable bonds is 4. The van der Waals surface area contributed by atoms with E-state index in [0.717, 1.165) is 12.8 Å². The van der Waals surface area contributed by atoms with Crippen LogP contribution in [0, 0.1) is 23.2 Å². The molecule has 0 saturated heterocycles. The molecule has 1 aromatic rings. The molecule has 3 saturated carbocycles. The summed E-state index contributed by atoms with van der Waals surface area (Å²) in [4.78, 5) is 24.8. The molecule has 3 aliphatic carbocycles. The van der Waals surface area contributed by atoms with Crippen molar-refractivity contribution in [1.29, 1.82) is 0 Å². The van der Waals surface area contributed by atoms with Crippen LogP contribution >= 0.6 is 11.6 Å². The van der Waals surface area contributed by atoms with Gasteiger partial charge in [-0.2, -0.15) is 0 Å². The predicted octanol–water partition coefficient (Wildman–Crippen LogP) is 4.08. The van der Waals surface area contributed by atoms with Gasteiger partial charge in [0.25, 0.3) is 0 Å². The Morgan fingerprint density at radius 1 is 1.24 bits per heavy atom. The van der Waals surface area contributed by atoms with E-state index in [1.807, 2.05) is 0 Å². The summed E-state index contributed by atoms with van der Waals surface area (Å²) in [5.41, 5.74) is 0.803. The highest BCUT2D eigenvalue weighted by molar-refractivity contribution is 6.30. The highest BCUT2D eigenvalue weighted by Crippen LogP contribution is 2.60. The van der Waals surface area contributed by atoms with Crippen LogP contribution in [-0.2, 0) is 9.53 Å². The molecule has 0 spiro atoms. The van der Waals surface area contributed by atoms with Crippen molar-refractivity contribution in [2.75, 3.05) is 11.9 Å². The number of carbonyl (C=O) groups is 2. The van der Waals surface area contributed by atoms with Crippen LogP contribution < -0.4 is 10.6 Å². The normalized spacial score (nSPS) is 29.3. The lowest BCUT2D eigenvalue weighted by Gasteiger charge is -2.61. The van der Waals surface area contributed by atoms with Crippen molar-refractivity contribution in [3.8, 4) is 0 Å². The van der Waals surface area contributed by atoms with Crippen LogP contribution in [0.15, 0.2) is 24.3 Å². The molecule has 4 atom stereocenters. The predicted molar refractivity (Wildman–Crippen MR) is 97.5 cm³/mol. The molecule has 4 rings (SSSR count). The monoisotopic (exact) mass is 364 g/mol. The number of hydrogen-bond acceptors (Lipinski definition) is 3. The molecule has 0 aliphatic heterocycles. The van der Waals surface area contributed by atoms with Gasteiger partial charge >= 0.3 is 12.0 Å². The molecule has 2 N–H and O–H groups in total. The van der Waals surface area contributed by atoms with Crippen molar-refractivity contribution in [3.05, 3.63) is 29.3 Å². The van der Waals surface area contributed by atoms with Crippen molar-refractivity contribution >= 4 is 29.3 Å². The second kappa shape index (κ2) is 6.87. The molecule has 2 amide bonds. The summed E-state index contributed by atoms with van der Waals surface area (Å²) in [5, 5.41) is 6.46. The average molecular weight is 365 g/mol. The summed E-state index contributed by atoms with van der Waals surface area (Å²) >= 11 is 5.86. The lowest BCUT2D eigenvalue weighted by atomic mass is 9.45. The van der Waals surface area contributed by atoms with Gasteiger partial charge < -0.3 is 15.4 Å². The van der Waals surface area contributed by atoms with E-state index in [2.05, 4.69) is 24.5 Å². The minimum absolute atomic E-state index is 0.140. The van der Waals surface area contributed by atoms with E-state index in [0.29, 0.717) is 23.2 Å². The van der Waals surface area contributed by atoms with Gasteiger partial charge in [0.05, 0.1) is 12.5 Å². The zero-order valence-corrected chi connectivity index (χ0v) is 15.6. The third kappa shape index (κ3) is 3.47. The average Bonchev–Trinajstić information content (AvgIpc) is 2.56. The van der Waals surface area contributed by atoms with Crippen LogP contribution in [0.3, 0.4) is 0 Å². The first-order chi connectivity index (χ1) is 11.8. The second-order valence-electron chi connectivity index (χ2n) is 7.59. The highest BCUT2D eigenvalue weighted by Gasteiger charge is 2.59. The Hall–Kier alpha value is -1.75. The van der Waals surface area contributed by atoms with E-state index in [1.54, 1.807) is 31.2 Å². The van der Waals surface area contributed by atoms with E-state index >= 15 is 0 Å². The second-order valence-corrected chi connectivity index (χ2v) is 8.02. The standard InChI is InChI=1S/C19H25ClN2O3/c1-4-25-17(23)14-9-11-10-15(19(11,2)3)16(14)22-18(24)21-13-7-5-12(20)6-8-13/h5-8,11,14-16H,4,9-10H2,1-3H3,(H2,21,22,24)/t11-,14-,15+,16-/m1/s1. The zero-order valence-electron chi connectivity index (χ0n) is 14.8. The minimum Gasteiger partial charge on any atom is -0.466 e. The van der Waals surface area contributed by atoms with Crippen LogP contribution in [0.25, 0.3) is 0 Å². The molecular formula is C19H25ClN2O3. The van der Waals surface area contributed by atoms with Crippen molar-refractivity contribution < 1.29 is 14.3 Å². The van der Waals surface area contributed by atoms with Crippen molar-refractivity contribution in [2.24, 2.45) is 23.2 Å². The van der Waals surface area contributed by atoms with Gasteiger partial charge in [-0.3, -0.25) is 4.79 Å². The fraction of sp³-hybridized carbons (Fsp3) is 0.579. The molecule has 0 aromatic heterocycles. The Kier molecular flexibility index (Phi) is 4.96. The van der Waals surface area contributed by atoms with Crippen molar-refractivity contribution in [3.63, 3.8) is 0 Å². The lowest BCUT2D eigenvalue weighted by Crippen LogP contribution is -2.65. The van der Waals surface area contributed by atoms with Crippen molar-refractivity contribution in [1.82, 2.24) is 5.32 Å². The topological polar surface area (TPSA) is 67.4 Å². The summed E-state index contributed by atoms with van der Waals surface area (Å²) < 4.78 is 5.24. The number of halogens is 1. The van der Waals surface area contributed by atoms with Crippen LogP contribution in [0.2, 0.25) is 5.02 Å². The number of urea groups is 1. The maximum Gasteiger partial charge on any atom is 0.319 e. The first-order valence-electron chi connectivity index (χ1n) is 8.82. The maximum absolute atomic E-state index is 12.5. The summed E-state index contributed by atoms with van der Waals surface area (Å²) in [6.45, 7) is 6.61. The maximum atomic E-state index is 12.5. The van der Waals surface area contributed by atoms with Gasteiger partial charge in [-0.25, -0.2) is 4.79 Å². The molecule has 3 aliphatic rings. The molecule has 1 aromatic carbocycles. The first kappa shape index (κ1) is 18.1. The van der Waals surface area contributed by atoms with Crippen molar-refractivity contribution in [2.45, 2.75) is 39.7 Å². The van der Waals surface area contributed by atoms with Crippen LogP contribution in [0.5, 0.6) is 0 Å². The summed E-state index contributed by atoms with van der Waals surface area (Å²) in [5.74, 6) is 0.332. The molecule has 0 heterocycles. The molecule has 3 fully saturated rings. The van der Waals surface area contributed by atoms with Crippen LogP contribution in [-0.4, -0.2) is 24.6 Å². The quantitative estimate of drug-likeness (QED) is 0.791. The molecule has 136 valence electrons. The Morgan fingerprint density at radius 2 is 1.92 bits per heavy atom. The van der Waals surface area contributed by atoms with Gasteiger partial charge in [-0.1, -0.05) is 25.4 Å². The molecule has 6 heteroatoms. The SMILES string of the molecule is CCOC(=O)[C@@H]1C[C@@H]2C[C@@H]([C@@H]1NC(=O)Nc1ccc(Cl)cc1)C2(C)C. The molecule has 5 nitrogen and oxygen atoms in total. The number of anilines is 1. The van der Waals surface area contributed by atoms with Gasteiger partial charge in [0, 0.05) is 16.8 Å². The number of fused-ring (bicyclic) bond motifs is 2. The fourth-order valence-electron chi connectivity index (χ4n) is 4.34. The van der Waals surface area contributed by atoms with E-state index in [-0.39, 0.29) is 35.3 Å². The Bertz CT molecular complexity index is 659. The Morgan fingerprint density at radius 3 is 2.52 bits per heavy atom. The number of nitrogens with one attached hydrogen (secondary N) is 2. The summed E-state index contributed by atoms with van der Waals surface area (Å²) in [6.07, 6.45) is 1.82. The number of hydrogen-bond donors (Lipinski definition) is 2. The molecule has 0 radical (unpaired) electrons. The van der Waals surface area contributed by atoms with E-state index in [4.69, 9.17) is 16.3 Å². The van der Waals surface area contributed by atoms with E-state index in [1.165, 1.54) is 0 Å². The van der Waals surface area contributed by atoms with Gasteiger partial charge in [0.2, 0.25) is 0 Å². The van der Waals surface area contributed by atoms with Crippen LogP contribution in [0.4, 0.5) is 10.5 Å². The largest absolute Gasteiger partial charge is 0.466 e. The van der Waals surface area contributed by atoms with E-state index < -0.39 is 0 Å². The highest BCUT2D eigenvalue weighted by atomic mass is 35.5. The first-order valence-corrected chi connectivity index (χ1v) is 9.20. The minimum atomic E-state index is -0.303. The van der Waals surface area contributed by atoms with Gasteiger partial charge in [-0.15, -0.1) is 0 Å². The number of benzene rings is 1. The fourth-order valence-corrected chi connectivity index (χ4v) is 4.47. The zero-order chi connectivity index (χ0) is 18.2. The Labute approximate surface area is 153 Å². The van der Waals surface area contributed by atoms with E-state index in [9.17, 15) is 9.59 Å². The van der Waals surface area contributed by atoms with Gasteiger partial charge in [0.15, 0.2) is 0 Å². The molecule has 2 bridgehead atoms. The van der Waals surface area contributed by atoms with Gasteiger partial charge in [0.1, 0.15) is 0 Å². The van der Waals surface area contributed by atoms with Crippen LogP contribution in [0.1, 0.15) is 33.6 Å². The molecular weight excluding hydrogens is 340 g/mol. The smallest absolute Gasteiger partial charge is 0.319 e. The van der Waals surface area contributed by atoms with Gasteiger partial charge in [-0.05, 0) is 61.3 Å². The molecule has 25 heavy (non-hydrogen) atoms. The summed E-state index contributed by atoms with van der Waals surface area (Å²) in [6, 6.07) is 6.43. The molecule has 0 unspecified atom stereocenters. The Balaban J connectivity index is 1.70. The number of ether oxygens (including phenoxy) is 1. The number of amides is 2. The number of carbonyl (C=O) groups excluding carboxylic acids is 2. The number of esters is 1. The lowest BCUT2D eigenvalue weighted by molar-refractivity contribution is -0.166. The third-order valence-corrected chi connectivity index (χ3v) is 6.19.